The zero-order chi connectivity index (χ0) is 26.8. The van der Waals surface area contributed by atoms with Crippen LogP contribution in [0.1, 0.15) is 35.1 Å². The van der Waals surface area contributed by atoms with Crippen molar-refractivity contribution in [3.05, 3.63) is 47.0 Å². The predicted octanol–water partition coefficient (Wildman–Crippen LogP) is 2.08. The number of carbonyl (C=O) groups excluding carboxylic acids is 3. The van der Waals surface area contributed by atoms with Gasteiger partial charge in [-0.3, -0.25) is 9.59 Å². The minimum absolute atomic E-state index is 0.0488. The van der Waals surface area contributed by atoms with Crippen molar-refractivity contribution in [2.24, 2.45) is 0 Å². The number of hydrogen-bond donors (Lipinski definition) is 3. The summed E-state index contributed by atoms with van der Waals surface area (Å²) in [4.78, 5) is 56.9. The van der Waals surface area contributed by atoms with Crippen LogP contribution in [-0.4, -0.2) is 94.3 Å². The Morgan fingerprint density at radius 2 is 1.81 bits per heavy atom. The first-order valence-corrected chi connectivity index (χ1v) is 12.7. The van der Waals surface area contributed by atoms with E-state index in [0.717, 1.165) is 35.8 Å². The topological polar surface area (TPSA) is 149 Å². The maximum absolute atomic E-state index is 13.1. The highest BCUT2D eigenvalue weighted by Gasteiger charge is 2.31. The average Bonchev–Trinajstić information content (AvgIpc) is 3.35. The van der Waals surface area contributed by atoms with Gasteiger partial charge in [0.1, 0.15) is 16.7 Å². The van der Waals surface area contributed by atoms with E-state index in [-0.39, 0.29) is 31.9 Å². The number of unbranched alkanes of at least 4 members (excludes halogenated alkanes) is 1. The molecular weight excluding hydrogens is 500 g/mol. The predicted molar refractivity (Wildman–Crippen MR) is 137 cm³/mol. The van der Waals surface area contributed by atoms with Gasteiger partial charge in [0.2, 0.25) is 5.91 Å². The fraction of sp³-hybridized carbons (Fsp3) is 0.400. The van der Waals surface area contributed by atoms with Crippen molar-refractivity contribution in [3.8, 4) is 10.6 Å². The fourth-order valence-electron chi connectivity index (χ4n) is 3.60. The molecule has 0 unspecified atom stereocenters. The fourth-order valence-corrected chi connectivity index (χ4v) is 4.57. The number of aliphatic hydroxyl groups is 1. The van der Waals surface area contributed by atoms with Crippen molar-refractivity contribution in [2.75, 3.05) is 39.4 Å². The van der Waals surface area contributed by atoms with E-state index in [1.165, 1.54) is 15.9 Å². The Kier molecular flexibility index (Phi) is 10.2. The quantitative estimate of drug-likeness (QED) is 0.312. The Hall–Kier alpha value is -3.77. The van der Waals surface area contributed by atoms with Crippen LogP contribution < -0.4 is 5.32 Å². The first kappa shape index (κ1) is 27.8. The van der Waals surface area contributed by atoms with E-state index < -0.39 is 36.5 Å². The minimum atomic E-state index is -1.23. The van der Waals surface area contributed by atoms with E-state index in [1.807, 2.05) is 37.3 Å². The van der Waals surface area contributed by atoms with Gasteiger partial charge in [0, 0.05) is 37.8 Å². The molecule has 0 bridgehead atoms. The van der Waals surface area contributed by atoms with E-state index in [9.17, 15) is 24.3 Å². The lowest BCUT2D eigenvalue weighted by Gasteiger charge is -2.35. The van der Waals surface area contributed by atoms with E-state index in [0.29, 0.717) is 16.5 Å². The molecule has 12 heteroatoms. The molecule has 3 rings (SSSR count). The summed E-state index contributed by atoms with van der Waals surface area (Å²) in [6.45, 7) is 2.72. The van der Waals surface area contributed by atoms with Gasteiger partial charge in [0.25, 0.3) is 5.91 Å². The van der Waals surface area contributed by atoms with Crippen LogP contribution in [0.3, 0.4) is 0 Å². The van der Waals surface area contributed by atoms with Crippen molar-refractivity contribution >= 4 is 41.3 Å². The summed E-state index contributed by atoms with van der Waals surface area (Å²) in [6, 6.07) is 7.86. The van der Waals surface area contributed by atoms with Crippen molar-refractivity contribution in [1.29, 1.82) is 0 Å². The lowest BCUT2D eigenvalue weighted by molar-refractivity contribution is -0.136. The maximum atomic E-state index is 13.1. The van der Waals surface area contributed by atoms with Gasteiger partial charge in [-0.15, -0.1) is 11.3 Å². The van der Waals surface area contributed by atoms with E-state index in [2.05, 4.69) is 10.3 Å². The van der Waals surface area contributed by atoms with Crippen LogP contribution in [-0.2, 0) is 14.3 Å². The molecule has 1 aliphatic rings. The SMILES string of the molecule is CCCCOC(=O)N1CCN(C(=O)[C@H](CO)NC(=O)c2nc(-c3ccccc3)sc2/C=C/C(=O)O)CC1. The van der Waals surface area contributed by atoms with Gasteiger partial charge < -0.3 is 30.1 Å². The third kappa shape index (κ3) is 7.61. The summed E-state index contributed by atoms with van der Waals surface area (Å²) in [7, 11) is 0. The summed E-state index contributed by atoms with van der Waals surface area (Å²) < 4.78 is 5.21. The second-order valence-corrected chi connectivity index (χ2v) is 9.29. The minimum Gasteiger partial charge on any atom is -0.478 e. The maximum Gasteiger partial charge on any atom is 0.409 e. The largest absolute Gasteiger partial charge is 0.478 e. The number of hydrogen-bond acceptors (Lipinski definition) is 8. The Bertz CT molecular complexity index is 1130. The number of ether oxygens (including phenoxy) is 1. The second kappa shape index (κ2) is 13.5. The third-order valence-corrected chi connectivity index (χ3v) is 6.70. The van der Waals surface area contributed by atoms with E-state index >= 15 is 0 Å². The van der Waals surface area contributed by atoms with E-state index in [4.69, 9.17) is 9.84 Å². The molecule has 37 heavy (non-hydrogen) atoms. The monoisotopic (exact) mass is 530 g/mol. The zero-order valence-electron chi connectivity index (χ0n) is 20.5. The van der Waals surface area contributed by atoms with Crippen molar-refractivity contribution in [1.82, 2.24) is 20.1 Å². The number of nitrogens with one attached hydrogen (secondary N) is 1. The average molecular weight is 531 g/mol. The van der Waals surface area contributed by atoms with Gasteiger partial charge >= 0.3 is 12.1 Å². The first-order chi connectivity index (χ1) is 17.8. The molecule has 2 heterocycles. The normalized spacial score (nSPS) is 14.4. The number of aliphatic hydroxyl groups excluding tert-OH is 1. The van der Waals surface area contributed by atoms with Crippen LogP contribution in [0.4, 0.5) is 4.79 Å². The van der Waals surface area contributed by atoms with Gasteiger partial charge in [0.05, 0.1) is 18.1 Å². The number of aliphatic carboxylic acids is 1. The molecule has 11 nitrogen and oxygen atoms in total. The molecule has 1 aromatic heterocycles. The summed E-state index contributed by atoms with van der Waals surface area (Å²) in [5.41, 5.74) is 0.699. The highest BCUT2D eigenvalue weighted by molar-refractivity contribution is 7.16. The van der Waals surface area contributed by atoms with Crippen LogP contribution in [0.5, 0.6) is 0 Å². The molecule has 0 radical (unpaired) electrons. The second-order valence-electron chi connectivity index (χ2n) is 8.26. The molecule has 3 amide bonds. The molecule has 0 spiro atoms. The smallest absolute Gasteiger partial charge is 0.409 e. The number of carboxylic acids is 1. The van der Waals surface area contributed by atoms with Gasteiger partial charge in [-0.25, -0.2) is 14.6 Å². The number of rotatable bonds is 10. The van der Waals surface area contributed by atoms with Crippen molar-refractivity contribution < 1.29 is 34.1 Å². The molecule has 0 aliphatic carbocycles. The van der Waals surface area contributed by atoms with Crippen LogP contribution in [0.15, 0.2) is 36.4 Å². The molecule has 1 aromatic carbocycles. The van der Waals surface area contributed by atoms with Crippen LogP contribution in [0, 0.1) is 0 Å². The summed E-state index contributed by atoms with van der Waals surface area (Å²) in [5, 5.41) is 21.9. The first-order valence-electron chi connectivity index (χ1n) is 11.9. The molecule has 1 atom stereocenters. The molecule has 0 saturated carbocycles. The van der Waals surface area contributed by atoms with Gasteiger partial charge in [-0.05, 0) is 12.5 Å². The molecule has 1 saturated heterocycles. The zero-order valence-corrected chi connectivity index (χ0v) is 21.3. The Labute approximate surface area is 218 Å². The summed E-state index contributed by atoms with van der Waals surface area (Å²) in [5.74, 6) is -2.39. The van der Waals surface area contributed by atoms with Crippen molar-refractivity contribution in [2.45, 2.75) is 25.8 Å². The van der Waals surface area contributed by atoms with Gasteiger partial charge in [-0.2, -0.15) is 0 Å². The number of amides is 3. The number of piperazine rings is 1. The van der Waals surface area contributed by atoms with Crippen LogP contribution in [0.2, 0.25) is 0 Å². The number of aromatic nitrogens is 1. The number of benzene rings is 1. The van der Waals surface area contributed by atoms with E-state index in [1.54, 1.807) is 0 Å². The van der Waals surface area contributed by atoms with Gasteiger partial charge in [0.15, 0.2) is 0 Å². The van der Waals surface area contributed by atoms with Crippen LogP contribution >= 0.6 is 11.3 Å². The van der Waals surface area contributed by atoms with Crippen molar-refractivity contribution in [3.63, 3.8) is 0 Å². The third-order valence-electron chi connectivity index (χ3n) is 5.63. The molecule has 1 fully saturated rings. The van der Waals surface area contributed by atoms with Gasteiger partial charge in [-0.1, -0.05) is 43.7 Å². The number of carbonyl (C=O) groups is 4. The Morgan fingerprint density at radius 3 is 2.43 bits per heavy atom. The lowest BCUT2D eigenvalue weighted by atomic mass is 10.2. The number of carboxylic acid groups (broad SMARTS) is 1. The summed E-state index contributed by atoms with van der Waals surface area (Å²) in [6.07, 6.45) is 3.44. The molecule has 2 aromatic rings. The number of nitrogens with zero attached hydrogens (tertiary/aromatic N) is 3. The lowest BCUT2D eigenvalue weighted by Crippen LogP contribution is -2.56. The molecule has 3 N–H and O–H groups in total. The highest BCUT2D eigenvalue weighted by Crippen LogP contribution is 2.29. The highest BCUT2D eigenvalue weighted by atomic mass is 32.1. The Morgan fingerprint density at radius 1 is 1.14 bits per heavy atom. The number of thiazole rings is 1. The standard InChI is InChI=1S/C25H30N4O7S/c1-2-3-15-36-25(35)29-13-11-28(12-14-29)24(34)18(16-30)26-22(33)21-19(9-10-20(31)32)37-23(27-21)17-7-5-4-6-8-17/h4-10,18,30H,2-3,11-16H2,1H3,(H,26,33)(H,31,32)/b10-9+/t18-/m0/s1. The molecule has 1 aliphatic heterocycles. The summed E-state index contributed by atoms with van der Waals surface area (Å²) >= 11 is 1.13. The Balaban J connectivity index is 1.67. The van der Waals surface area contributed by atoms with Crippen LogP contribution in [0.25, 0.3) is 16.6 Å². The molecule has 198 valence electrons. The molecular formula is C25H30N4O7S.